The molecule has 0 aromatic heterocycles. The molecule has 0 aliphatic heterocycles. The Hall–Kier alpha value is -1.88. The van der Waals surface area contributed by atoms with Crippen molar-refractivity contribution in [3.63, 3.8) is 0 Å². The van der Waals surface area contributed by atoms with E-state index < -0.39 is 16.8 Å². The molecule has 1 aromatic rings. The fraction of sp³-hybridized carbons (Fsp3) is 0.312. The third-order valence-electron chi connectivity index (χ3n) is 2.90. The number of rotatable bonds is 7. The molecule has 0 bridgehead atoms. The second kappa shape index (κ2) is 9.13. The van der Waals surface area contributed by atoms with E-state index in [1.165, 1.54) is 7.11 Å². The zero-order valence-corrected chi connectivity index (χ0v) is 13.4. The van der Waals surface area contributed by atoms with Crippen molar-refractivity contribution in [3.05, 3.63) is 53.6 Å². The highest BCUT2D eigenvalue weighted by Gasteiger charge is 2.18. The highest BCUT2D eigenvalue weighted by Crippen LogP contribution is 2.15. The summed E-state index contributed by atoms with van der Waals surface area (Å²) in [6.07, 6.45) is 5.14. The molecule has 4 nitrogen and oxygen atoms in total. The van der Waals surface area contributed by atoms with E-state index in [-0.39, 0.29) is 4.91 Å². The van der Waals surface area contributed by atoms with Crippen molar-refractivity contribution in [2.45, 2.75) is 18.7 Å². The van der Waals surface area contributed by atoms with Gasteiger partial charge in [-0.1, -0.05) is 18.2 Å². The van der Waals surface area contributed by atoms with Crippen molar-refractivity contribution >= 4 is 16.8 Å². The van der Waals surface area contributed by atoms with Gasteiger partial charge in [0, 0.05) is 18.0 Å². The number of carbonyl (C=O) groups is 1. The second-order valence-electron chi connectivity index (χ2n) is 4.17. The number of nitrogens with zero attached hydrogens (tertiary/aromatic N) is 1. The lowest BCUT2D eigenvalue weighted by molar-refractivity contribution is -0.135. The molecule has 0 saturated heterocycles. The third kappa shape index (κ3) is 5.19. The largest absolute Gasteiger partial charge is 0.465 e. The fourth-order valence-electron chi connectivity index (χ4n) is 1.66. The lowest BCUT2D eigenvalue weighted by atomic mass is 10.4. The van der Waals surface area contributed by atoms with Crippen molar-refractivity contribution in [1.82, 2.24) is 4.90 Å². The Balaban J connectivity index is 3.01. The average molecular weight is 307 g/mol. The summed E-state index contributed by atoms with van der Waals surface area (Å²) >= 11 is 0. The molecule has 0 fully saturated rings. The quantitative estimate of drug-likeness (QED) is 0.441. The second-order valence-corrected chi connectivity index (χ2v) is 5.62. The Kier molecular flexibility index (Phi) is 7.46. The molecule has 0 amide bonds. The molecule has 1 rings (SSSR count). The summed E-state index contributed by atoms with van der Waals surface area (Å²) in [6, 6.07) is 8.85. The molecule has 0 N–H and O–H groups in total. The van der Waals surface area contributed by atoms with E-state index in [1.807, 2.05) is 26.1 Å². The normalized spacial score (nSPS) is 13.2. The SMILES string of the molecule is CCN(/C=C/C=C(/C(=O)OC)S(=O)c1ccccc1)CC. The van der Waals surface area contributed by atoms with Gasteiger partial charge in [0.15, 0.2) is 0 Å². The molecule has 5 heteroatoms. The Bertz CT molecular complexity index is 534. The summed E-state index contributed by atoms with van der Waals surface area (Å²) in [5, 5.41) is 0. The number of methoxy groups -OCH3 is 1. The van der Waals surface area contributed by atoms with Gasteiger partial charge in [-0.15, -0.1) is 0 Å². The topological polar surface area (TPSA) is 46.6 Å². The standard InChI is InChI=1S/C16H21NO3S/c1-4-17(5-2)13-9-12-15(16(18)20-3)21(19)14-10-7-6-8-11-14/h6-13H,4-5H2,1-3H3/b13-9+,15-12-. The zero-order chi connectivity index (χ0) is 15.7. The van der Waals surface area contributed by atoms with Gasteiger partial charge >= 0.3 is 5.97 Å². The Morgan fingerprint density at radius 2 is 1.86 bits per heavy atom. The minimum atomic E-state index is -1.55. The van der Waals surface area contributed by atoms with Crippen molar-refractivity contribution in [2.24, 2.45) is 0 Å². The van der Waals surface area contributed by atoms with Gasteiger partial charge in [-0.3, -0.25) is 0 Å². The fourth-order valence-corrected chi connectivity index (χ4v) is 2.76. The maximum atomic E-state index is 12.5. The van der Waals surface area contributed by atoms with Crippen molar-refractivity contribution in [3.8, 4) is 0 Å². The summed E-state index contributed by atoms with van der Waals surface area (Å²) in [7, 11) is -0.269. The molecule has 114 valence electrons. The first-order valence-corrected chi connectivity index (χ1v) is 7.96. The monoisotopic (exact) mass is 307 g/mol. The molecule has 0 radical (unpaired) electrons. The van der Waals surface area contributed by atoms with Crippen LogP contribution in [-0.2, 0) is 20.3 Å². The summed E-state index contributed by atoms with van der Waals surface area (Å²) < 4.78 is 17.2. The van der Waals surface area contributed by atoms with Gasteiger partial charge in [-0.05, 0) is 44.3 Å². The van der Waals surface area contributed by atoms with Gasteiger partial charge in [0.05, 0.1) is 17.9 Å². The van der Waals surface area contributed by atoms with E-state index in [4.69, 9.17) is 4.74 Å². The minimum Gasteiger partial charge on any atom is -0.465 e. The van der Waals surface area contributed by atoms with E-state index in [2.05, 4.69) is 4.90 Å². The minimum absolute atomic E-state index is 0.132. The van der Waals surface area contributed by atoms with Gasteiger partial charge in [0.25, 0.3) is 0 Å². The molecule has 1 aromatic carbocycles. The first-order valence-electron chi connectivity index (χ1n) is 6.81. The third-order valence-corrected chi connectivity index (χ3v) is 4.30. The lowest BCUT2D eigenvalue weighted by Crippen LogP contribution is -2.15. The van der Waals surface area contributed by atoms with Crippen LogP contribution in [0.15, 0.2) is 58.5 Å². The average Bonchev–Trinajstić information content (AvgIpc) is 2.54. The summed E-state index contributed by atoms with van der Waals surface area (Å²) in [5.74, 6) is -0.582. The van der Waals surface area contributed by atoms with Gasteiger partial charge < -0.3 is 9.64 Å². The molecule has 1 atom stereocenters. The van der Waals surface area contributed by atoms with Crippen LogP contribution in [0.25, 0.3) is 0 Å². The smallest absolute Gasteiger partial charge is 0.347 e. The summed E-state index contributed by atoms with van der Waals surface area (Å²) in [4.78, 5) is 14.6. The molecule has 0 saturated carbocycles. The van der Waals surface area contributed by atoms with Crippen LogP contribution in [-0.4, -0.2) is 35.3 Å². The predicted molar refractivity (Wildman–Crippen MR) is 85.0 cm³/mol. The van der Waals surface area contributed by atoms with Crippen LogP contribution in [0.1, 0.15) is 13.8 Å². The van der Waals surface area contributed by atoms with E-state index >= 15 is 0 Å². The van der Waals surface area contributed by atoms with Crippen LogP contribution in [0.3, 0.4) is 0 Å². The first-order chi connectivity index (χ1) is 10.1. The number of allylic oxidation sites excluding steroid dienone is 2. The number of carbonyl (C=O) groups excluding carboxylic acids is 1. The van der Waals surface area contributed by atoms with Crippen molar-refractivity contribution in [1.29, 1.82) is 0 Å². The van der Waals surface area contributed by atoms with E-state index in [9.17, 15) is 9.00 Å². The van der Waals surface area contributed by atoms with Crippen LogP contribution in [0.5, 0.6) is 0 Å². The number of hydrogen-bond donors (Lipinski definition) is 0. The van der Waals surface area contributed by atoms with Crippen molar-refractivity contribution < 1.29 is 13.7 Å². The molecular formula is C16H21NO3S. The van der Waals surface area contributed by atoms with Gasteiger partial charge in [-0.25, -0.2) is 9.00 Å². The zero-order valence-electron chi connectivity index (χ0n) is 12.6. The maximum Gasteiger partial charge on any atom is 0.347 e. The van der Waals surface area contributed by atoms with Crippen LogP contribution in [0.4, 0.5) is 0 Å². The van der Waals surface area contributed by atoms with Crippen LogP contribution < -0.4 is 0 Å². The van der Waals surface area contributed by atoms with E-state index in [1.54, 1.807) is 36.4 Å². The van der Waals surface area contributed by atoms with Crippen LogP contribution in [0, 0.1) is 0 Å². The predicted octanol–water partition coefficient (Wildman–Crippen LogP) is 2.71. The summed E-state index contributed by atoms with van der Waals surface area (Å²) in [5.41, 5.74) is 0. The Labute approximate surface area is 128 Å². The molecule has 0 spiro atoms. The number of benzene rings is 1. The molecule has 0 aliphatic carbocycles. The lowest BCUT2D eigenvalue weighted by Gasteiger charge is -2.14. The number of hydrogen-bond acceptors (Lipinski definition) is 4. The van der Waals surface area contributed by atoms with Crippen LogP contribution in [0.2, 0.25) is 0 Å². The van der Waals surface area contributed by atoms with Gasteiger partial charge in [0.1, 0.15) is 4.91 Å². The van der Waals surface area contributed by atoms with Crippen molar-refractivity contribution in [2.75, 3.05) is 20.2 Å². The Morgan fingerprint density at radius 3 is 2.38 bits per heavy atom. The molecule has 0 heterocycles. The van der Waals surface area contributed by atoms with Gasteiger partial charge in [-0.2, -0.15) is 0 Å². The molecule has 1 unspecified atom stereocenters. The molecule has 0 aliphatic rings. The van der Waals surface area contributed by atoms with Gasteiger partial charge in [0.2, 0.25) is 0 Å². The van der Waals surface area contributed by atoms with E-state index in [0.29, 0.717) is 4.90 Å². The maximum absolute atomic E-state index is 12.5. The highest BCUT2D eigenvalue weighted by atomic mass is 32.2. The molecular weight excluding hydrogens is 286 g/mol. The Morgan fingerprint density at radius 1 is 1.24 bits per heavy atom. The first kappa shape index (κ1) is 17.2. The molecule has 21 heavy (non-hydrogen) atoms. The van der Waals surface area contributed by atoms with Crippen LogP contribution >= 0.6 is 0 Å². The van der Waals surface area contributed by atoms with E-state index in [0.717, 1.165) is 13.1 Å². The highest BCUT2D eigenvalue weighted by molar-refractivity contribution is 7.90. The summed E-state index contributed by atoms with van der Waals surface area (Å²) in [6.45, 7) is 5.83. The number of ether oxygens (including phenoxy) is 1. The number of esters is 1.